The average Bonchev–Trinajstić information content (AvgIpc) is 2.39. The summed E-state index contributed by atoms with van der Waals surface area (Å²) in [6.45, 7) is 3.66. The lowest BCUT2D eigenvalue weighted by Gasteiger charge is -2.37. The molecule has 0 radical (unpaired) electrons. The van der Waals surface area contributed by atoms with Gasteiger partial charge in [0.2, 0.25) is 0 Å². The number of aryl methyl sites for hydroxylation is 1. The number of para-hydroxylation sites is 1. The Kier molecular flexibility index (Phi) is 2.80. The molecular formula is C13H17NO2. The van der Waals surface area contributed by atoms with Gasteiger partial charge in [-0.3, -0.25) is 4.90 Å². The van der Waals surface area contributed by atoms with Crippen molar-refractivity contribution >= 4 is 0 Å². The Labute approximate surface area is 96.0 Å². The van der Waals surface area contributed by atoms with Gasteiger partial charge in [-0.2, -0.15) is 0 Å². The Hall–Kier alpha value is -1.06. The van der Waals surface area contributed by atoms with Crippen LogP contribution in [0.3, 0.4) is 0 Å². The largest absolute Gasteiger partial charge is 0.475 e. The third-order valence-electron chi connectivity index (χ3n) is 3.35. The van der Waals surface area contributed by atoms with Crippen molar-refractivity contribution in [3.63, 3.8) is 0 Å². The third-order valence-corrected chi connectivity index (χ3v) is 3.35. The first-order valence-corrected chi connectivity index (χ1v) is 6.00. The van der Waals surface area contributed by atoms with Crippen LogP contribution >= 0.6 is 0 Å². The van der Waals surface area contributed by atoms with Crippen LogP contribution < -0.4 is 4.74 Å². The summed E-state index contributed by atoms with van der Waals surface area (Å²) in [4.78, 5) is 2.39. The standard InChI is InChI=1S/C13H17NO2/c1-2-4-12-11(3-1)5-6-13(16-12)14-7-9-15-10-8-14/h1-4,13H,5-10H2. The summed E-state index contributed by atoms with van der Waals surface area (Å²) < 4.78 is 11.4. The Bertz CT molecular complexity index is 361. The van der Waals surface area contributed by atoms with E-state index < -0.39 is 0 Å². The molecule has 0 spiro atoms. The number of hydrogen-bond acceptors (Lipinski definition) is 3. The lowest BCUT2D eigenvalue weighted by Crippen LogP contribution is -2.47. The minimum Gasteiger partial charge on any atom is -0.475 e. The normalized spacial score (nSPS) is 25.9. The molecule has 3 rings (SSSR count). The molecule has 0 bridgehead atoms. The minimum atomic E-state index is 0.249. The van der Waals surface area contributed by atoms with Crippen molar-refractivity contribution in [2.24, 2.45) is 0 Å². The molecule has 1 unspecified atom stereocenters. The molecule has 2 heterocycles. The quantitative estimate of drug-likeness (QED) is 0.717. The van der Waals surface area contributed by atoms with Crippen molar-refractivity contribution < 1.29 is 9.47 Å². The number of fused-ring (bicyclic) bond motifs is 1. The van der Waals surface area contributed by atoms with Gasteiger partial charge in [-0.25, -0.2) is 0 Å². The fourth-order valence-electron chi connectivity index (χ4n) is 2.43. The van der Waals surface area contributed by atoms with Crippen molar-refractivity contribution in [2.75, 3.05) is 26.3 Å². The second-order valence-electron chi connectivity index (χ2n) is 4.37. The molecule has 0 amide bonds. The molecule has 0 saturated carbocycles. The van der Waals surface area contributed by atoms with Crippen LogP contribution in [0.15, 0.2) is 24.3 Å². The number of ether oxygens (including phenoxy) is 2. The maximum Gasteiger partial charge on any atom is 0.153 e. The molecule has 2 aliphatic rings. The molecule has 3 nitrogen and oxygen atoms in total. The predicted molar refractivity (Wildman–Crippen MR) is 61.6 cm³/mol. The molecule has 1 fully saturated rings. The molecule has 3 heteroatoms. The lowest BCUT2D eigenvalue weighted by atomic mass is 10.0. The molecular weight excluding hydrogens is 202 g/mol. The second-order valence-corrected chi connectivity index (χ2v) is 4.37. The van der Waals surface area contributed by atoms with Crippen LogP contribution in [0.5, 0.6) is 5.75 Å². The summed E-state index contributed by atoms with van der Waals surface area (Å²) >= 11 is 0. The van der Waals surface area contributed by atoms with Crippen LogP contribution in [0.25, 0.3) is 0 Å². The van der Waals surface area contributed by atoms with E-state index >= 15 is 0 Å². The molecule has 1 aromatic carbocycles. The zero-order valence-electron chi connectivity index (χ0n) is 9.39. The highest BCUT2D eigenvalue weighted by Gasteiger charge is 2.26. The molecule has 1 saturated heterocycles. The molecule has 86 valence electrons. The van der Waals surface area contributed by atoms with Crippen molar-refractivity contribution in [1.82, 2.24) is 4.90 Å². The van der Waals surface area contributed by atoms with E-state index in [-0.39, 0.29) is 6.23 Å². The Morgan fingerprint density at radius 1 is 1.12 bits per heavy atom. The van der Waals surface area contributed by atoms with Gasteiger partial charge in [-0.1, -0.05) is 18.2 Å². The molecule has 0 aliphatic carbocycles. The number of hydrogen-bond donors (Lipinski definition) is 0. The summed E-state index contributed by atoms with van der Waals surface area (Å²) in [6.07, 6.45) is 2.47. The second kappa shape index (κ2) is 4.44. The van der Waals surface area contributed by atoms with Crippen LogP contribution in [0.2, 0.25) is 0 Å². The van der Waals surface area contributed by atoms with Crippen molar-refractivity contribution in [1.29, 1.82) is 0 Å². The maximum atomic E-state index is 6.04. The van der Waals surface area contributed by atoms with Crippen LogP contribution in [0.1, 0.15) is 12.0 Å². The van der Waals surface area contributed by atoms with Gasteiger partial charge < -0.3 is 9.47 Å². The van der Waals surface area contributed by atoms with E-state index in [9.17, 15) is 0 Å². The summed E-state index contributed by atoms with van der Waals surface area (Å²) in [6, 6.07) is 8.35. The fraction of sp³-hybridized carbons (Fsp3) is 0.538. The van der Waals surface area contributed by atoms with Gasteiger partial charge in [0.15, 0.2) is 6.23 Å². The van der Waals surface area contributed by atoms with Crippen molar-refractivity contribution in [3.8, 4) is 5.75 Å². The van der Waals surface area contributed by atoms with E-state index in [1.165, 1.54) is 5.56 Å². The Balaban J connectivity index is 1.72. The Morgan fingerprint density at radius 3 is 2.81 bits per heavy atom. The zero-order chi connectivity index (χ0) is 10.8. The highest BCUT2D eigenvalue weighted by molar-refractivity contribution is 5.34. The maximum absolute atomic E-state index is 6.04. The minimum absolute atomic E-state index is 0.249. The molecule has 0 N–H and O–H groups in total. The number of nitrogens with zero attached hydrogens (tertiary/aromatic N) is 1. The highest BCUT2D eigenvalue weighted by Crippen LogP contribution is 2.28. The first kappa shape index (κ1) is 10.1. The van der Waals surface area contributed by atoms with E-state index in [2.05, 4.69) is 23.1 Å². The zero-order valence-corrected chi connectivity index (χ0v) is 9.39. The van der Waals surface area contributed by atoms with Crippen LogP contribution in [-0.2, 0) is 11.2 Å². The van der Waals surface area contributed by atoms with Gasteiger partial charge in [0.05, 0.1) is 13.2 Å². The summed E-state index contributed by atoms with van der Waals surface area (Å²) in [5.74, 6) is 1.06. The van der Waals surface area contributed by atoms with E-state index in [1.54, 1.807) is 0 Å². The van der Waals surface area contributed by atoms with Gasteiger partial charge >= 0.3 is 0 Å². The highest BCUT2D eigenvalue weighted by atomic mass is 16.5. The number of morpholine rings is 1. The van der Waals surface area contributed by atoms with Crippen molar-refractivity contribution in [3.05, 3.63) is 29.8 Å². The van der Waals surface area contributed by atoms with E-state index in [1.807, 2.05) is 6.07 Å². The molecule has 2 aliphatic heterocycles. The van der Waals surface area contributed by atoms with E-state index in [0.29, 0.717) is 0 Å². The van der Waals surface area contributed by atoms with Gasteiger partial charge in [0.25, 0.3) is 0 Å². The van der Waals surface area contributed by atoms with Crippen molar-refractivity contribution in [2.45, 2.75) is 19.1 Å². The topological polar surface area (TPSA) is 21.7 Å². The van der Waals surface area contributed by atoms with Gasteiger partial charge in [-0.15, -0.1) is 0 Å². The van der Waals surface area contributed by atoms with Gasteiger partial charge in [-0.05, 0) is 18.1 Å². The van der Waals surface area contributed by atoms with Gasteiger partial charge in [0.1, 0.15) is 5.75 Å². The van der Waals surface area contributed by atoms with E-state index in [4.69, 9.17) is 9.47 Å². The fourth-order valence-corrected chi connectivity index (χ4v) is 2.43. The van der Waals surface area contributed by atoms with Crippen LogP contribution in [0.4, 0.5) is 0 Å². The summed E-state index contributed by atoms with van der Waals surface area (Å²) in [5.41, 5.74) is 1.34. The molecule has 16 heavy (non-hydrogen) atoms. The predicted octanol–water partition coefficient (Wildman–Crippen LogP) is 1.67. The third kappa shape index (κ3) is 1.93. The van der Waals surface area contributed by atoms with Crippen LogP contribution in [0, 0.1) is 0 Å². The summed E-state index contributed by atoms with van der Waals surface area (Å²) in [7, 11) is 0. The average molecular weight is 219 g/mol. The first-order valence-electron chi connectivity index (χ1n) is 6.00. The molecule has 1 atom stereocenters. The Morgan fingerprint density at radius 2 is 1.94 bits per heavy atom. The monoisotopic (exact) mass is 219 g/mol. The first-order chi connectivity index (χ1) is 7.93. The SMILES string of the molecule is c1ccc2c(c1)CCC(N1CCOCC1)O2. The van der Waals surface area contributed by atoms with Crippen LogP contribution in [-0.4, -0.2) is 37.4 Å². The summed E-state index contributed by atoms with van der Waals surface area (Å²) in [5, 5.41) is 0. The number of benzene rings is 1. The molecule has 1 aromatic rings. The van der Waals surface area contributed by atoms with E-state index in [0.717, 1.165) is 44.9 Å². The lowest BCUT2D eigenvalue weighted by molar-refractivity contribution is -0.0534. The smallest absolute Gasteiger partial charge is 0.153 e. The molecule has 0 aromatic heterocycles. The van der Waals surface area contributed by atoms with Gasteiger partial charge in [0, 0.05) is 19.5 Å². The number of rotatable bonds is 1.